The topological polar surface area (TPSA) is 34.4 Å². The maximum Gasteiger partial charge on any atom is 0.134 e. The number of hydrogen-bond donors (Lipinski definition) is 1. The Bertz CT molecular complexity index is 500. The Morgan fingerprint density at radius 3 is 2.55 bits per heavy atom. The summed E-state index contributed by atoms with van der Waals surface area (Å²) in [7, 11) is 0. The third-order valence-corrected chi connectivity index (χ3v) is 3.52. The Balaban J connectivity index is 2.35. The summed E-state index contributed by atoms with van der Waals surface area (Å²) in [4.78, 5) is 0. The lowest BCUT2D eigenvalue weighted by atomic mass is 9.97. The van der Waals surface area contributed by atoms with E-state index in [4.69, 9.17) is 9.15 Å². The average molecular weight is 275 g/mol. The van der Waals surface area contributed by atoms with Gasteiger partial charge in [-0.15, -0.1) is 0 Å². The van der Waals surface area contributed by atoms with Crippen molar-refractivity contribution in [2.24, 2.45) is 5.92 Å². The number of furan rings is 1. The summed E-state index contributed by atoms with van der Waals surface area (Å²) in [6.07, 6.45) is 0.112. The Kier molecular flexibility index (Phi) is 5.21. The van der Waals surface area contributed by atoms with Crippen molar-refractivity contribution in [2.75, 3.05) is 13.2 Å². The summed E-state index contributed by atoms with van der Waals surface area (Å²) >= 11 is 0. The molecule has 0 aliphatic heterocycles. The highest BCUT2D eigenvalue weighted by Crippen LogP contribution is 2.29. The fraction of sp³-hybridized carbons (Fsp3) is 0.529. The molecule has 0 spiro atoms. The lowest BCUT2D eigenvalue weighted by Gasteiger charge is -2.29. The van der Waals surface area contributed by atoms with Crippen LogP contribution in [0.25, 0.3) is 11.0 Å². The number of nitrogens with one attached hydrogen (secondary N) is 1. The molecule has 20 heavy (non-hydrogen) atoms. The molecule has 3 heteroatoms. The smallest absolute Gasteiger partial charge is 0.134 e. The minimum Gasteiger partial charge on any atom is -0.459 e. The number of likely N-dealkylation sites (N-methyl/N-ethyl adjacent to an activating group) is 1. The third-order valence-electron chi connectivity index (χ3n) is 3.52. The minimum atomic E-state index is 0.0901. The quantitative estimate of drug-likeness (QED) is 0.824. The first kappa shape index (κ1) is 15.1. The molecule has 3 nitrogen and oxygen atoms in total. The molecular formula is C17H25NO2. The van der Waals surface area contributed by atoms with Gasteiger partial charge in [0.1, 0.15) is 11.3 Å². The molecule has 1 aromatic carbocycles. The maximum absolute atomic E-state index is 6.02. The van der Waals surface area contributed by atoms with Gasteiger partial charge in [0.25, 0.3) is 0 Å². The molecular weight excluding hydrogens is 250 g/mol. The van der Waals surface area contributed by atoms with Crippen molar-refractivity contribution in [1.82, 2.24) is 5.32 Å². The SMILES string of the molecule is CCNC(c1cc2ccccc2o1)C(OCC)C(C)C. The van der Waals surface area contributed by atoms with E-state index in [2.05, 4.69) is 38.2 Å². The van der Waals surface area contributed by atoms with Crippen molar-refractivity contribution in [3.8, 4) is 0 Å². The molecule has 0 radical (unpaired) electrons. The van der Waals surface area contributed by atoms with Gasteiger partial charge in [0.05, 0.1) is 12.1 Å². The van der Waals surface area contributed by atoms with Crippen LogP contribution in [0.1, 0.15) is 39.5 Å². The van der Waals surface area contributed by atoms with Crippen molar-refractivity contribution in [2.45, 2.75) is 39.8 Å². The normalized spacial score (nSPS) is 14.8. The van der Waals surface area contributed by atoms with Crippen molar-refractivity contribution in [3.63, 3.8) is 0 Å². The van der Waals surface area contributed by atoms with Gasteiger partial charge < -0.3 is 14.5 Å². The molecule has 0 saturated heterocycles. The van der Waals surface area contributed by atoms with Crippen LogP contribution in [0, 0.1) is 5.92 Å². The molecule has 1 N–H and O–H groups in total. The van der Waals surface area contributed by atoms with Gasteiger partial charge in [-0.2, -0.15) is 0 Å². The fourth-order valence-corrected chi connectivity index (χ4v) is 2.62. The van der Waals surface area contributed by atoms with Gasteiger partial charge in [-0.25, -0.2) is 0 Å². The Morgan fingerprint density at radius 1 is 1.20 bits per heavy atom. The van der Waals surface area contributed by atoms with E-state index in [9.17, 15) is 0 Å². The molecule has 0 fully saturated rings. The molecule has 2 aromatic rings. The summed E-state index contributed by atoms with van der Waals surface area (Å²) in [5.41, 5.74) is 0.935. The van der Waals surface area contributed by atoms with Crippen molar-refractivity contribution in [1.29, 1.82) is 0 Å². The zero-order valence-corrected chi connectivity index (χ0v) is 12.8. The predicted octanol–water partition coefficient (Wildman–Crippen LogP) is 4.14. The largest absolute Gasteiger partial charge is 0.459 e. The summed E-state index contributed by atoms with van der Waals surface area (Å²) in [5, 5.41) is 4.65. The van der Waals surface area contributed by atoms with E-state index in [1.807, 2.05) is 25.1 Å². The van der Waals surface area contributed by atoms with E-state index < -0.39 is 0 Å². The van der Waals surface area contributed by atoms with Crippen LogP contribution in [0.5, 0.6) is 0 Å². The maximum atomic E-state index is 6.02. The summed E-state index contributed by atoms with van der Waals surface area (Å²) in [6.45, 7) is 10.1. The van der Waals surface area contributed by atoms with Crippen LogP contribution in [0.2, 0.25) is 0 Å². The van der Waals surface area contributed by atoms with E-state index in [1.165, 1.54) is 0 Å². The second-order valence-corrected chi connectivity index (χ2v) is 5.39. The van der Waals surface area contributed by atoms with Crippen molar-refractivity contribution < 1.29 is 9.15 Å². The van der Waals surface area contributed by atoms with Crippen LogP contribution in [0.4, 0.5) is 0 Å². The molecule has 2 atom stereocenters. The number of benzene rings is 1. The van der Waals surface area contributed by atoms with E-state index in [0.29, 0.717) is 12.5 Å². The van der Waals surface area contributed by atoms with E-state index in [0.717, 1.165) is 23.3 Å². The summed E-state index contributed by atoms with van der Waals surface area (Å²) in [6, 6.07) is 10.3. The van der Waals surface area contributed by atoms with Crippen LogP contribution in [-0.2, 0) is 4.74 Å². The second-order valence-electron chi connectivity index (χ2n) is 5.39. The zero-order chi connectivity index (χ0) is 14.5. The molecule has 0 aliphatic rings. The van der Waals surface area contributed by atoms with Gasteiger partial charge in [-0.1, -0.05) is 39.0 Å². The van der Waals surface area contributed by atoms with Gasteiger partial charge in [0.2, 0.25) is 0 Å². The minimum absolute atomic E-state index is 0.0901. The Labute approximate surface area is 121 Å². The molecule has 0 saturated carbocycles. The van der Waals surface area contributed by atoms with Crippen LogP contribution in [0.3, 0.4) is 0 Å². The molecule has 110 valence electrons. The summed E-state index contributed by atoms with van der Waals surface area (Å²) < 4.78 is 12.0. The predicted molar refractivity (Wildman–Crippen MR) is 82.9 cm³/mol. The fourth-order valence-electron chi connectivity index (χ4n) is 2.62. The number of hydrogen-bond acceptors (Lipinski definition) is 3. The molecule has 2 unspecified atom stereocenters. The van der Waals surface area contributed by atoms with Crippen molar-refractivity contribution in [3.05, 3.63) is 36.1 Å². The summed E-state index contributed by atoms with van der Waals surface area (Å²) in [5.74, 6) is 1.38. The van der Waals surface area contributed by atoms with Gasteiger partial charge in [-0.3, -0.25) is 0 Å². The standard InChI is InChI=1S/C17H25NO2/c1-5-18-16(17(12(3)4)19-6-2)15-11-13-9-7-8-10-14(13)20-15/h7-12,16-18H,5-6H2,1-4H3. The number of rotatable bonds is 7. The monoisotopic (exact) mass is 275 g/mol. The van der Waals surface area contributed by atoms with Crippen LogP contribution < -0.4 is 5.32 Å². The zero-order valence-electron chi connectivity index (χ0n) is 12.8. The molecule has 0 bridgehead atoms. The molecule has 0 aliphatic carbocycles. The highest BCUT2D eigenvalue weighted by molar-refractivity contribution is 5.77. The van der Waals surface area contributed by atoms with Crippen LogP contribution in [-0.4, -0.2) is 19.3 Å². The van der Waals surface area contributed by atoms with Gasteiger partial charge in [0.15, 0.2) is 0 Å². The molecule has 0 amide bonds. The number of fused-ring (bicyclic) bond motifs is 1. The first-order valence-corrected chi connectivity index (χ1v) is 7.50. The lowest BCUT2D eigenvalue weighted by molar-refractivity contribution is -0.00150. The van der Waals surface area contributed by atoms with E-state index >= 15 is 0 Å². The van der Waals surface area contributed by atoms with Crippen LogP contribution in [0.15, 0.2) is 34.7 Å². The number of ether oxygens (including phenoxy) is 1. The Morgan fingerprint density at radius 2 is 1.95 bits per heavy atom. The van der Waals surface area contributed by atoms with Crippen LogP contribution >= 0.6 is 0 Å². The molecule has 1 heterocycles. The average Bonchev–Trinajstić information content (AvgIpc) is 2.86. The molecule has 2 rings (SSSR count). The first-order chi connectivity index (χ1) is 9.67. The van der Waals surface area contributed by atoms with Gasteiger partial charge in [0, 0.05) is 12.0 Å². The third kappa shape index (κ3) is 3.22. The van der Waals surface area contributed by atoms with Gasteiger partial charge in [-0.05, 0) is 31.5 Å². The van der Waals surface area contributed by atoms with Crippen molar-refractivity contribution >= 4 is 11.0 Å². The van der Waals surface area contributed by atoms with Gasteiger partial charge >= 0.3 is 0 Å². The highest BCUT2D eigenvalue weighted by Gasteiger charge is 2.28. The first-order valence-electron chi connectivity index (χ1n) is 7.50. The van der Waals surface area contributed by atoms with E-state index in [1.54, 1.807) is 0 Å². The second kappa shape index (κ2) is 6.91. The lowest BCUT2D eigenvalue weighted by Crippen LogP contribution is -2.37. The Hall–Kier alpha value is -1.32. The highest BCUT2D eigenvalue weighted by atomic mass is 16.5. The van der Waals surface area contributed by atoms with E-state index in [-0.39, 0.29) is 12.1 Å². The molecule has 1 aromatic heterocycles. The number of para-hydroxylation sites is 1.